The Morgan fingerprint density at radius 2 is 1.93 bits per heavy atom. The molecule has 154 valence electrons. The molecule has 2 atom stereocenters. The number of aromatic amines is 1. The molecule has 0 bridgehead atoms. The van der Waals surface area contributed by atoms with Crippen LogP contribution in [0.15, 0.2) is 36.7 Å². The van der Waals surface area contributed by atoms with E-state index in [0.717, 1.165) is 41.4 Å². The molecular weight excluding hydrogens is 384 g/mol. The molecular formula is C20H22N8O2. The number of amides is 3. The number of aromatic nitrogens is 4. The normalized spacial score (nSPS) is 21.6. The Balaban J connectivity index is 1.19. The Hall–Kier alpha value is -3.69. The number of imide groups is 1. The number of hydrogen-bond acceptors (Lipinski definition) is 7. The Labute approximate surface area is 172 Å². The van der Waals surface area contributed by atoms with Crippen LogP contribution in [0.2, 0.25) is 0 Å². The van der Waals surface area contributed by atoms with Crippen LogP contribution in [0.1, 0.15) is 19.3 Å². The van der Waals surface area contributed by atoms with E-state index in [4.69, 9.17) is 0 Å². The molecule has 1 aliphatic heterocycles. The first-order chi connectivity index (χ1) is 14.6. The monoisotopic (exact) mass is 406 g/mol. The number of rotatable bonds is 5. The summed E-state index contributed by atoms with van der Waals surface area (Å²) < 4.78 is 0. The summed E-state index contributed by atoms with van der Waals surface area (Å²) in [5, 5.41) is 6.89. The molecule has 0 unspecified atom stereocenters. The molecule has 1 saturated carbocycles. The summed E-state index contributed by atoms with van der Waals surface area (Å²) in [6.07, 6.45) is 6.25. The van der Waals surface area contributed by atoms with E-state index in [-0.39, 0.29) is 24.5 Å². The number of H-pyrrole nitrogens is 1. The molecule has 2 aliphatic rings. The Kier molecular flexibility index (Phi) is 4.46. The minimum atomic E-state index is -0.326. The van der Waals surface area contributed by atoms with E-state index >= 15 is 0 Å². The van der Waals surface area contributed by atoms with Gasteiger partial charge in [0.25, 0.3) is 5.91 Å². The summed E-state index contributed by atoms with van der Waals surface area (Å²) in [5.74, 6) is 1.22. The third kappa shape index (κ3) is 3.40. The van der Waals surface area contributed by atoms with Crippen molar-refractivity contribution in [2.75, 3.05) is 29.1 Å². The second-order valence-corrected chi connectivity index (χ2v) is 7.72. The average Bonchev–Trinajstić information content (AvgIpc) is 3.41. The molecule has 10 nitrogen and oxygen atoms in total. The van der Waals surface area contributed by atoms with E-state index in [1.54, 1.807) is 31.6 Å². The first-order valence-corrected chi connectivity index (χ1v) is 9.95. The zero-order chi connectivity index (χ0) is 20.7. The molecule has 3 amide bonds. The summed E-state index contributed by atoms with van der Waals surface area (Å²) in [4.78, 5) is 43.0. The number of pyridine rings is 2. The number of fused-ring (bicyclic) bond motifs is 1. The van der Waals surface area contributed by atoms with Gasteiger partial charge in [-0.1, -0.05) is 0 Å². The van der Waals surface area contributed by atoms with Gasteiger partial charge in [0, 0.05) is 25.3 Å². The Morgan fingerprint density at radius 3 is 2.63 bits per heavy atom. The van der Waals surface area contributed by atoms with Gasteiger partial charge >= 0.3 is 6.03 Å². The van der Waals surface area contributed by atoms with E-state index in [9.17, 15) is 9.59 Å². The molecule has 2 fully saturated rings. The summed E-state index contributed by atoms with van der Waals surface area (Å²) >= 11 is 0. The predicted octanol–water partition coefficient (Wildman–Crippen LogP) is 2.20. The topological polar surface area (TPSA) is 119 Å². The molecule has 3 aromatic rings. The lowest BCUT2D eigenvalue weighted by atomic mass is 10.2. The van der Waals surface area contributed by atoms with Gasteiger partial charge in [-0.25, -0.2) is 19.7 Å². The van der Waals surface area contributed by atoms with E-state index < -0.39 is 0 Å². The number of carbonyl (C=O) groups excluding carboxylic acids is 2. The van der Waals surface area contributed by atoms with Gasteiger partial charge in [-0.2, -0.15) is 4.98 Å². The van der Waals surface area contributed by atoms with Gasteiger partial charge < -0.3 is 20.5 Å². The fourth-order valence-electron chi connectivity index (χ4n) is 4.04. The fourth-order valence-corrected chi connectivity index (χ4v) is 4.04. The maximum Gasteiger partial charge on any atom is 0.331 e. The second kappa shape index (κ2) is 7.29. The van der Waals surface area contributed by atoms with Crippen LogP contribution in [0.25, 0.3) is 11.2 Å². The first kappa shape index (κ1) is 18.3. The van der Waals surface area contributed by atoms with Gasteiger partial charge in [0.2, 0.25) is 5.95 Å². The summed E-state index contributed by atoms with van der Waals surface area (Å²) in [6, 6.07) is 7.65. The number of hydrogen-bond donors (Lipinski definition) is 3. The third-order valence-corrected chi connectivity index (χ3v) is 5.53. The lowest BCUT2D eigenvalue weighted by molar-refractivity contribution is -0.116. The van der Waals surface area contributed by atoms with Gasteiger partial charge in [-0.3, -0.25) is 4.79 Å². The van der Waals surface area contributed by atoms with Gasteiger partial charge in [-0.05, 0) is 43.5 Å². The molecule has 5 rings (SSSR count). The first-order valence-electron chi connectivity index (χ1n) is 9.95. The molecule has 10 heteroatoms. The van der Waals surface area contributed by atoms with Gasteiger partial charge in [-0.15, -0.1) is 0 Å². The van der Waals surface area contributed by atoms with Crippen LogP contribution < -0.4 is 15.5 Å². The Bertz CT molecular complexity index is 1060. The lowest BCUT2D eigenvalue weighted by Crippen LogP contribution is -2.31. The zero-order valence-corrected chi connectivity index (χ0v) is 16.5. The number of imidazole rings is 1. The van der Waals surface area contributed by atoms with E-state index in [1.807, 2.05) is 12.1 Å². The van der Waals surface area contributed by atoms with Crippen molar-refractivity contribution >= 4 is 40.6 Å². The number of urea groups is 1. The zero-order valence-electron chi connectivity index (χ0n) is 16.5. The SMILES string of the molecule is CN1CC(=O)N(c2ccc(N[C@H]3CC[C@H](Nc4nc5ncccc5[nH]4)C3)nc2)C1=O. The largest absolute Gasteiger partial charge is 0.367 e. The van der Waals surface area contributed by atoms with Crippen molar-refractivity contribution < 1.29 is 9.59 Å². The number of nitrogens with one attached hydrogen (secondary N) is 3. The minimum absolute atomic E-state index is 0.0938. The smallest absolute Gasteiger partial charge is 0.331 e. The molecule has 0 aromatic carbocycles. The molecule has 30 heavy (non-hydrogen) atoms. The van der Waals surface area contributed by atoms with Crippen LogP contribution in [-0.2, 0) is 4.79 Å². The fraction of sp³-hybridized carbons (Fsp3) is 0.350. The standard InChI is InChI=1S/C20H22N8O2/c1-27-11-17(29)28(20(27)30)14-6-7-16(22-10-14)23-12-4-5-13(9-12)24-19-25-15-3-2-8-21-18(15)26-19/h2-3,6-8,10,12-13H,4-5,9,11H2,1H3,(H,22,23)(H2,21,24,25,26)/t12-,13-/m0/s1. The molecule has 4 heterocycles. The maximum absolute atomic E-state index is 12.1. The number of carbonyl (C=O) groups is 2. The highest BCUT2D eigenvalue weighted by Gasteiger charge is 2.35. The van der Waals surface area contributed by atoms with Crippen molar-refractivity contribution in [2.24, 2.45) is 0 Å². The van der Waals surface area contributed by atoms with E-state index in [2.05, 4.69) is 30.6 Å². The molecule has 1 saturated heterocycles. The third-order valence-electron chi connectivity index (χ3n) is 5.53. The molecule has 3 aromatic heterocycles. The highest BCUT2D eigenvalue weighted by molar-refractivity contribution is 6.19. The molecule has 3 N–H and O–H groups in total. The highest BCUT2D eigenvalue weighted by Crippen LogP contribution is 2.26. The quantitative estimate of drug-likeness (QED) is 0.556. The van der Waals surface area contributed by atoms with E-state index in [0.29, 0.717) is 17.4 Å². The van der Waals surface area contributed by atoms with Crippen molar-refractivity contribution in [3.63, 3.8) is 0 Å². The predicted molar refractivity (Wildman–Crippen MR) is 112 cm³/mol. The van der Waals surface area contributed by atoms with Crippen LogP contribution >= 0.6 is 0 Å². The maximum atomic E-state index is 12.1. The summed E-state index contributed by atoms with van der Waals surface area (Å²) in [7, 11) is 1.61. The van der Waals surface area contributed by atoms with Crippen molar-refractivity contribution in [3.05, 3.63) is 36.7 Å². The number of likely N-dealkylation sites (N-methyl/N-ethyl adjacent to an activating group) is 1. The van der Waals surface area contributed by atoms with Gasteiger partial charge in [0.05, 0.1) is 17.4 Å². The average molecular weight is 406 g/mol. The second-order valence-electron chi connectivity index (χ2n) is 7.72. The number of anilines is 3. The van der Waals surface area contributed by atoms with Crippen molar-refractivity contribution in [1.82, 2.24) is 24.8 Å². The number of nitrogens with zero attached hydrogens (tertiary/aromatic N) is 5. The molecule has 0 spiro atoms. The van der Waals surface area contributed by atoms with Crippen LogP contribution in [0, 0.1) is 0 Å². The molecule has 1 aliphatic carbocycles. The van der Waals surface area contributed by atoms with Crippen molar-refractivity contribution in [2.45, 2.75) is 31.3 Å². The van der Waals surface area contributed by atoms with Crippen LogP contribution in [-0.4, -0.2) is 62.5 Å². The highest BCUT2D eigenvalue weighted by atomic mass is 16.2. The summed E-state index contributed by atoms with van der Waals surface area (Å²) in [5.41, 5.74) is 2.11. The van der Waals surface area contributed by atoms with Crippen molar-refractivity contribution in [1.29, 1.82) is 0 Å². The molecule has 0 radical (unpaired) electrons. The Morgan fingerprint density at radius 1 is 1.10 bits per heavy atom. The van der Waals surface area contributed by atoms with Crippen LogP contribution in [0.5, 0.6) is 0 Å². The van der Waals surface area contributed by atoms with Crippen LogP contribution in [0.4, 0.5) is 22.2 Å². The van der Waals surface area contributed by atoms with Crippen molar-refractivity contribution in [3.8, 4) is 0 Å². The minimum Gasteiger partial charge on any atom is -0.367 e. The lowest BCUT2D eigenvalue weighted by Gasteiger charge is -2.17. The van der Waals surface area contributed by atoms with Gasteiger partial charge in [0.1, 0.15) is 12.4 Å². The van der Waals surface area contributed by atoms with E-state index in [1.165, 1.54) is 4.90 Å². The summed E-state index contributed by atoms with van der Waals surface area (Å²) in [6.45, 7) is 0.0938. The van der Waals surface area contributed by atoms with Crippen LogP contribution in [0.3, 0.4) is 0 Å². The van der Waals surface area contributed by atoms with Gasteiger partial charge in [0.15, 0.2) is 5.65 Å².